The molecule has 8 heteroatoms. The molecule has 4 fully saturated rings. The number of phenols is 1. The minimum atomic E-state index is -0.290. The highest BCUT2D eigenvalue weighted by atomic mass is 16.5. The number of ketones is 2. The van der Waals surface area contributed by atoms with Crippen molar-refractivity contribution in [3.8, 4) is 11.5 Å². The molecule has 6 aliphatic rings. The molecular weight excluding hydrogens is 805 g/mol. The molecule has 9 atom stereocenters. The summed E-state index contributed by atoms with van der Waals surface area (Å²) in [7, 11) is 1.53. The fourth-order valence-corrected chi connectivity index (χ4v) is 13.5. The lowest BCUT2D eigenvalue weighted by Gasteiger charge is -2.54. The minimum absolute atomic E-state index is 0.0422. The number of nitrogens with two attached hydrogens (primary N) is 1. The summed E-state index contributed by atoms with van der Waals surface area (Å²) in [6, 6.07) is 23.6. The molecule has 1 saturated heterocycles. The van der Waals surface area contributed by atoms with Gasteiger partial charge in [0.1, 0.15) is 5.78 Å². The van der Waals surface area contributed by atoms with Gasteiger partial charge < -0.3 is 31.5 Å². The van der Waals surface area contributed by atoms with Gasteiger partial charge in [-0.3, -0.25) is 9.59 Å². The third kappa shape index (κ3) is 10.9. The molecule has 8 nitrogen and oxygen atoms in total. The van der Waals surface area contributed by atoms with E-state index < -0.39 is 0 Å². The molecular formula is C57H72N4O4. The monoisotopic (exact) mass is 877 g/mol. The van der Waals surface area contributed by atoms with Crippen LogP contribution in [0.25, 0.3) is 6.08 Å². The predicted octanol–water partition coefficient (Wildman–Crippen LogP) is 9.36. The number of aromatic hydroxyl groups is 1. The smallest absolute Gasteiger partial charge is 0.163 e. The van der Waals surface area contributed by atoms with Crippen LogP contribution in [0, 0.1) is 40.9 Å². The molecule has 3 saturated carbocycles. The van der Waals surface area contributed by atoms with E-state index in [1.807, 2.05) is 6.20 Å². The Balaban J connectivity index is 0.828. The van der Waals surface area contributed by atoms with E-state index in [4.69, 9.17) is 10.5 Å². The molecule has 3 heterocycles. The Morgan fingerprint density at radius 1 is 0.938 bits per heavy atom. The zero-order valence-corrected chi connectivity index (χ0v) is 38.6. The van der Waals surface area contributed by atoms with Crippen molar-refractivity contribution >= 4 is 17.6 Å². The lowest BCUT2D eigenvalue weighted by molar-refractivity contribution is -0.126. The van der Waals surface area contributed by atoms with Crippen LogP contribution in [0.15, 0.2) is 108 Å². The Kier molecular flexibility index (Phi) is 14.5. The maximum atomic E-state index is 13.7. The Hall–Kier alpha value is -4.76. The lowest BCUT2D eigenvalue weighted by atomic mass is 9.54. The van der Waals surface area contributed by atoms with Gasteiger partial charge in [0.25, 0.3) is 0 Å². The highest BCUT2D eigenvalue weighted by Gasteiger charge is 2.53. The van der Waals surface area contributed by atoms with Crippen LogP contribution in [-0.4, -0.2) is 55.6 Å². The Morgan fingerprint density at radius 2 is 1.75 bits per heavy atom. The molecule has 0 aromatic heterocycles. The number of piperidine rings is 1. The number of carbonyl (C=O) groups excluding carboxylic acids is 2. The largest absolute Gasteiger partial charge is 0.504 e. The second kappa shape index (κ2) is 20.8. The van der Waals surface area contributed by atoms with E-state index in [0.717, 1.165) is 98.2 Å². The molecule has 9 rings (SSSR count). The number of rotatable bonds is 17. The average molecular weight is 877 g/mol. The first-order valence-corrected chi connectivity index (χ1v) is 25.0. The molecule has 6 N–H and O–H groups in total. The van der Waals surface area contributed by atoms with Gasteiger partial charge in [-0.2, -0.15) is 0 Å². The highest BCUT2D eigenvalue weighted by Crippen LogP contribution is 2.60. The van der Waals surface area contributed by atoms with Crippen LogP contribution in [0.2, 0.25) is 0 Å². The van der Waals surface area contributed by atoms with Crippen molar-refractivity contribution < 1.29 is 19.4 Å². The van der Waals surface area contributed by atoms with Gasteiger partial charge in [0, 0.05) is 25.2 Å². The molecule has 3 aliphatic heterocycles. The summed E-state index contributed by atoms with van der Waals surface area (Å²) in [5.74, 6) is 4.24. The van der Waals surface area contributed by atoms with Gasteiger partial charge in [-0.05, 0) is 201 Å². The second-order valence-corrected chi connectivity index (χ2v) is 20.6. The number of dihydropyridines is 1. The van der Waals surface area contributed by atoms with E-state index in [1.165, 1.54) is 68.7 Å². The first-order valence-electron chi connectivity index (χ1n) is 25.0. The number of methoxy groups -OCH3 is 1. The number of allylic oxidation sites excluding steroid dienone is 3. The number of phenolic OH excluding ortho intramolecular Hbond substituents is 1. The van der Waals surface area contributed by atoms with Gasteiger partial charge in [0.05, 0.1) is 19.7 Å². The van der Waals surface area contributed by atoms with Crippen molar-refractivity contribution in [3.05, 3.63) is 136 Å². The maximum Gasteiger partial charge on any atom is 0.163 e. The molecule has 0 radical (unpaired) electrons. The molecule has 344 valence electrons. The summed E-state index contributed by atoms with van der Waals surface area (Å²) < 4.78 is 5.51. The van der Waals surface area contributed by atoms with Gasteiger partial charge >= 0.3 is 0 Å². The van der Waals surface area contributed by atoms with Crippen LogP contribution in [-0.2, 0) is 35.3 Å². The quantitative estimate of drug-likeness (QED) is 0.0517. The van der Waals surface area contributed by atoms with Crippen LogP contribution < -0.4 is 26.4 Å². The molecule has 3 aliphatic carbocycles. The maximum absolute atomic E-state index is 13.7. The van der Waals surface area contributed by atoms with E-state index in [2.05, 4.69) is 88.8 Å². The summed E-state index contributed by atoms with van der Waals surface area (Å²) in [5.41, 5.74) is 14.5. The number of nitrogens with one attached hydrogen (secondary N) is 3. The topological polar surface area (TPSA) is 126 Å². The number of benzene rings is 3. The molecule has 65 heavy (non-hydrogen) atoms. The molecule has 0 bridgehead atoms. The molecule has 3 aromatic carbocycles. The zero-order chi connectivity index (χ0) is 44.8. The fraction of sp³-hybridized carbons (Fsp3) is 0.509. The normalized spacial score (nSPS) is 29.5. The van der Waals surface area contributed by atoms with Crippen molar-refractivity contribution in [2.75, 3.05) is 26.7 Å². The Morgan fingerprint density at radius 3 is 2.60 bits per heavy atom. The van der Waals surface area contributed by atoms with Gasteiger partial charge in [0.15, 0.2) is 17.3 Å². The van der Waals surface area contributed by atoms with Crippen LogP contribution in [0.5, 0.6) is 11.5 Å². The van der Waals surface area contributed by atoms with Crippen molar-refractivity contribution in [1.82, 2.24) is 16.0 Å². The number of hydrogen-bond acceptors (Lipinski definition) is 8. The second-order valence-electron chi connectivity index (χ2n) is 20.6. The van der Waals surface area contributed by atoms with Crippen LogP contribution in [0.3, 0.4) is 0 Å². The predicted molar refractivity (Wildman–Crippen MR) is 261 cm³/mol. The van der Waals surface area contributed by atoms with Crippen LogP contribution in [0.4, 0.5) is 0 Å². The molecule has 0 spiro atoms. The molecule has 3 aromatic rings. The van der Waals surface area contributed by atoms with Crippen molar-refractivity contribution in [2.45, 2.75) is 115 Å². The van der Waals surface area contributed by atoms with E-state index in [9.17, 15) is 14.7 Å². The summed E-state index contributed by atoms with van der Waals surface area (Å²) in [5, 5.41) is 21.9. The van der Waals surface area contributed by atoms with Crippen LogP contribution >= 0.6 is 0 Å². The first-order chi connectivity index (χ1) is 31.7. The number of carbonyl (C=O) groups is 2. The number of hydrogen-bond donors (Lipinski definition) is 5. The number of Topliss-reactive ketones (excluding diaryl/α,β-unsaturated/α-hetero) is 1. The first kappa shape index (κ1) is 45.4. The van der Waals surface area contributed by atoms with E-state index >= 15 is 0 Å². The minimum Gasteiger partial charge on any atom is -0.504 e. The van der Waals surface area contributed by atoms with E-state index in [0.29, 0.717) is 47.8 Å². The summed E-state index contributed by atoms with van der Waals surface area (Å²) in [4.78, 5) is 27.3. The molecule has 0 amide bonds. The fourth-order valence-electron chi connectivity index (χ4n) is 13.5. The highest BCUT2D eigenvalue weighted by molar-refractivity contribution is 6.06. The van der Waals surface area contributed by atoms with Gasteiger partial charge in [-0.15, -0.1) is 0 Å². The van der Waals surface area contributed by atoms with Gasteiger partial charge in [-0.25, -0.2) is 0 Å². The summed E-state index contributed by atoms with van der Waals surface area (Å²) in [6.45, 7) is 3.28. The van der Waals surface area contributed by atoms with Crippen LogP contribution in [0.1, 0.15) is 105 Å². The van der Waals surface area contributed by atoms with Crippen molar-refractivity contribution in [2.24, 2.45) is 46.7 Å². The summed E-state index contributed by atoms with van der Waals surface area (Å²) in [6.07, 6.45) is 27.9. The zero-order valence-electron chi connectivity index (χ0n) is 38.6. The van der Waals surface area contributed by atoms with Gasteiger partial charge in [0.2, 0.25) is 0 Å². The number of aryl methyl sites for hydroxylation is 3. The SMILES string of the molecule is COc1cc(C=CC(=O)CC(=O)CC2CCC3CCCC3(CC3C4CCNCC4CC4C=CCNC43)C2)c(CC2=CNC(N)C=C2CCc2cccc(CCc3ccccc3)c2)cc1O. The van der Waals surface area contributed by atoms with Crippen molar-refractivity contribution in [3.63, 3.8) is 0 Å². The van der Waals surface area contributed by atoms with E-state index in [-0.39, 0.29) is 29.9 Å². The lowest BCUT2D eigenvalue weighted by Crippen LogP contribution is -2.57. The number of ether oxygens (including phenoxy) is 1. The number of fused-ring (bicyclic) bond motifs is 3. The average Bonchev–Trinajstić information content (AvgIpc) is 3.74. The third-order valence-electron chi connectivity index (χ3n) is 16.5. The third-order valence-corrected chi connectivity index (χ3v) is 16.5. The summed E-state index contributed by atoms with van der Waals surface area (Å²) >= 11 is 0. The standard InChI is InChI=1S/C57H72N4O4/c1-65-54-31-42(45(30-53(54)64)29-46-37-61-55(58)32-43(46)18-16-40-11-5-10-39(26-40)15-14-38-8-3-2-4-9-38)19-21-49(62)33-50(63)27-41-17-20-48-13-6-23-57(48,34-41)35-52-51-22-25-59-36-47(51)28-44-12-7-24-60-56(44)52/h2-5,7-12,19,21,26,30-32,37,41,44,47-48,51-52,55-56,59-61,64H,6,13-18,20,22-25,27-29,33-36,58H2,1H3. The Bertz CT molecular complexity index is 2280. The van der Waals surface area contributed by atoms with Crippen molar-refractivity contribution in [1.29, 1.82) is 0 Å². The van der Waals surface area contributed by atoms with E-state index in [1.54, 1.807) is 24.3 Å². The van der Waals surface area contributed by atoms with Gasteiger partial charge in [-0.1, -0.05) is 79.2 Å². The molecule has 9 unspecified atom stereocenters. The Labute approximate surface area is 387 Å².